The number of nitrogens with zero attached hydrogens (tertiary/aromatic N) is 2. The Bertz CT molecular complexity index is 1330. The number of hydrogen-bond donors (Lipinski definition) is 1. The van der Waals surface area contributed by atoms with E-state index in [-0.39, 0.29) is 35.7 Å². The first-order valence-corrected chi connectivity index (χ1v) is 12.7. The van der Waals surface area contributed by atoms with Crippen LogP contribution in [0.2, 0.25) is 0 Å². The molecule has 0 radical (unpaired) electrons. The van der Waals surface area contributed by atoms with Gasteiger partial charge in [-0.15, -0.1) is 0 Å². The number of aromatic nitrogens is 1. The number of carbonyl (C=O) groups excluding carboxylic acids is 1. The molecule has 6 nitrogen and oxygen atoms in total. The van der Waals surface area contributed by atoms with E-state index in [9.17, 15) is 22.2 Å². The van der Waals surface area contributed by atoms with Crippen molar-refractivity contribution in [3.05, 3.63) is 58.7 Å². The van der Waals surface area contributed by atoms with Gasteiger partial charge < -0.3 is 10.5 Å². The zero-order valence-electron chi connectivity index (χ0n) is 19.2. The van der Waals surface area contributed by atoms with Crippen molar-refractivity contribution in [1.29, 1.82) is 0 Å². The molecule has 4 atom stereocenters. The molecule has 0 aliphatic carbocycles. The third kappa shape index (κ3) is 3.89. The summed E-state index contributed by atoms with van der Waals surface area (Å²) < 4.78 is 70.4. The molecule has 188 valence electrons. The van der Waals surface area contributed by atoms with Crippen LogP contribution in [-0.2, 0) is 21.5 Å². The van der Waals surface area contributed by atoms with Crippen LogP contribution < -0.4 is 10.5 Å². The maximum absolute atomic E-state index is 15.1. The molecule has 35 heavy (non-hydrogen) atoms. The molecule has 0 spiro atoms. The van der Waals surface area contributed by atoms with Gasteiger partial charge in [-0.1, -0.05) is 6.07 Å². The lowest BCUT2D eigenvalue weighted by atomic mass is 9.85. The third-order valence-corrected chi connectivity index (χ3v) is 10.5. The van der Waals surface area contributed by atoms with Crippen LogP contribution in [0, 0.1) is 12.7 Å². The third-order valence-electron chi connectivity index (χ3n) is 7.08. The van der Waals surface area contributed by atoms with E-state index in [0.29, 0.717) is 17.5 Å². The first-order chi connectivity index (χ1) is 16.4. The van der Waals surface area contributed by atoms with Crippen molar-refractivity contribution in [3.63, 3.8) is 0 Å². The molecule has 1 unspecified atom stereocenters. The van der Waals surface area contributed by atoms with Gasteiger partial charge >= 0.3 is 6.61 Å². The fraction of sp³-hybridized carbons (Fsp3) is 0.417. The zero-order valence-corrected chi connectivity index (χ0v) is 20.0. The van der Waals surface area contributed by atoms with Crippen LogP contribution >= 0.6 is 0 Å². The molecule has 1 aromatic heterocycles. The quantitative estimate of drug-likeness (QED) is 0.347. The molecule has 1 saturated heterocycles. The van der Waals surface area contributed by atoms with Gasteiger partial charge in [-0.05, 0) is 71.4 Å². The summed E-state index contributed by atoms with van der Waals surface area (Å²) in [7, 11) is -3.10. The van der Waals surface area contributed by atoms with Gasteiger partial charge in [-0.3, -0.25) is 14.0 Å². The van der Waals surface area contributed by atoms with Gasteiger partial charge in [0.2, 0.25) is 0 Å². The summed E-state index contributed by atoms with van der Waals surface area (Å²) in [6.45, 7) is -0.838. The summed E-state index contributed by atoms with van der Waals surface area (Å²) in [6, 6.07) is 5.36. The monoisotopic (exact) mass is 511 g/mol. The van der Waals surface area contributed by atoms with E-state index in [2.05, 4.69) is 20.6 Å². The minimum Gasteiger partial charge on any atom is -0.433 e. The van der Waals surface area contributed by atoms with Gasteiger partial charge in [0.05, 0.1) is 11.4 Å². The summed E-state index contributed by atoms with van der Waals surface area (Å²) in [5.74, 6) is 2.48. The van der Waals surface area contributed by atoms with Crippen molar-refractivity contribution in [2.45, 2.75) is 55.3 Å². The maximum atomic E-state index is 15.1. The van der Waals surface area contributed by atoms with E-state index in [0.717, 1.165) is 6.20 Å². The summed E-state index contributed by atoms with van der Waals surface area (Å²) in [5.41, 5.74) is 5.68. The molecule has 3 heterocycles. The van der Waals surface area contributed by atoms with Crippen molar-refractivity contribution in [1.82, 2.24) is 4.98 Å². The number of nitrogens with two attached hydrogens (primary N) is 1. The van der Waals surface area contributed by atoms with Crippen molar-refractivity contribution in [2.24, 2.45) is 10.7 Å². The van der Waals surface area contributed by atoms with Crippen LogP contribution in [0.25, 0.3) is 0 Å². The number of aryl methyl sites for hydroxylation is 1. The number of rotatable bonds is 7. The summed E-state index contributed by atoms with van der Waals surface area (Å²) in [4.78, 5) is 21.3. The van der Waals surface area contributed by atoms with Crippen LogP contribution in [0.15, 0.2) is 35.5 Å². The Morgan fingerprint density at radius 2 is 2.09 bits per heavy atom. The largest absolute Gasteiger partial charge is 0.433 e. The first-order valence-electron chi connectivity index (χ1n) is 10.9. The number of Topliss-reactive ketones (excluding diaryl/α,β-unsaturated/α-hetero) is 1. The predicted octanol–water partition coefficient (Wildman–Crippen LogP) is 3.73. The lowest BCUT2D eigenvalue weighted by Gasteiger charge is -2.42. The average Bonchev–Trinajstić information content (AvgIpc) is 2.97. The van der Waals surface area contributed by atoms with E-state index in [1.165, 1.54) is 31.2 Å². The molecule has 2 aromatic rings. The number of ketones is 1. The number of ether oxygens (including phenoxy) is 1. The second kappa shape index (κ2) is 8.61. The van der Waals surface area contributed by atoms with E-state index < -0.39 is 49.9 Å². The molecule has 2 bridgehead atoms. The highest BCUT2D eigenvalue weighted by Crippen LogP contribution is 2.51. The molecule has 2 aliphatic rings. The van der Waals surface area contributed by atoms with Crippen LogP contribution in [0.1, 0.15) is 46.9 Å². The second-order valence-corrected chi connectivity index (χ2v) is 12.0. The standard InChI is InChI=1S/C24H25F4N3O3S/c1-13-8-15(34-22(27)28)11-30-20(13)18(32)10-14-4-5-17(26)16(9-14)23(2)19-6-7-24(12-25,21(29)31-23)35(19,3)33/h4-5,8-9,11,19,22H,3,6-7,10,12H2,1-2H3,(H2,29,31)/t19-,23+,24-,35?/m0/s1. The summed E-state index contributed by atoms with van der Waals surface area (Å²) >= 11 is 0. The van der Waals surface area contributed by atoms with Crippen LogP contribution in [0.4, 0.5) is 17.6 Å². The van der Waals surface area contributed by atoms with E-state index >= 15 is 4.39 Å². The average molecular weight is 512 g/mol. The number of alkyl halides is 3. The predicted molar refractivity (Wildman–Crippen MR) is 126 cm³/mol. The van der Waals surface area contributed by atoms with Gasteiger partial charge in [0.25, 0.3) is 0 Å². The second-order valence-electron chi connectivity index (χ2n) is 9.16. The number of benzene rings is 1. The maximum Gasteiger partial charge on any atom is 0.387 e. The van der Waals surface area contributed by atoms with Crippen molar-refractivity contribution < 1.29 is 31.3 Å². The van der Waals surface area contributed by atoms with Gasteiger partial charge in [-0.2, -0.15) is 8.78 Å². The molecule has 2 N–H and O–H groups in total. The molecular weight excluding hydrogens is 486 g/mol. The van der Waals surface area contributed by atoms with Crippen LogP contribution in [0.3, 0.4) is 0 Å². The number of amidine groups is 1. The molecule has 11 heteroatoms. The minimum atomic E-state index is -3.10. The van der Waals surface area contributed by atoms with Crippen LogP contribution in [0.5, 0.6) is 5.75 Å². The number of carbonyl (C=O) groups is 1. The number of pyridine rings is 1. The SMILES string of the molecule is C=S1(=O)[C@H]2CC[C@]1(CF)C(N)=N[C@]2(C)c1cc(CC(=O)c2ncc(OC(F)F)cc2C)ccc1F. The molecule has 0 amide bonds. The molecule has 2 aliphatic heterocycles. The Hall–Kier alpha value is -2.95. The highest BCUT2D eigenvalue weighted by molar-refractivity contribution is 8.03. The number of aliphatic imine (C=N–C) groups is 1. The van der Waals surface area contributed by atoms with Gasteiger partial charge in [-0.25, -0.2) is 13.8 Å². The van der Waals surface area contributed by atoms with E-state index in [1.807, 2.05) is 0 Å². The van der Waals surface area contributed by atoms with E-state index in [4.69, 9.17) is 5.73 Å². The van der Waals surface area contributed by atoms with Gasteiger partial charge in [0.15, 0.2) is 5.78 Å². The summed E-state index contributed by atoms with van der Waals surface area (Å²) in [6.07, 6.45) is 1.39. The van der Waals surface area contributed by atoms with Crippen LogP contribution in [-0.4, -0.2) is 50.0 Å². The normalized spacial score (nSPS) is 29.8. The number of fused-ring (bicyclic) bond motifs is 2. The topological polar surface area (TPSA) is 94.6 Å². The van der Waals surface area contributed by atoms with Crippen molar-refractivity contribution in [3.8, 4) is 5.75 Å². The Kier molecular flexibility index (Phi) is 6.19. The molecule has 0 saturated carbocycles. The Labute approximate surface area is 200 Å². The van der Waals surface area contributed by atoms with E-state index in [1.54, 1.807) is 6.92 Å². The van der Waals surface area contributed by atoms with Crippen molar-refractivity contribution >= 4 is 27.0 Å². The molecule has 4 rings (SSSR count). The Morgan fingerprint density at radius 3 is 2.71 bits per heavy atom. The summed E-state index contributed by atoms with van der Waals surface area (Å²) in [5, 5.41) is -0.732. The van der Waals surface area contributed by atoms with Gasteiger partial charge in [0, 0.05) is 12.0 Å². The number of halogens is 4. The molecular formula is C24H25F4N3O3S. The lowest BCUT2D eigenvalue weighted by Crippen LogP contribution is -2.58. The molecule has 1 aromatic carbocycles. The lowest BCUT2D eigenvalue weighted by molar-refractivity contribution is -0.0501. The smallest absolute Gasteiger partial charge is 0.387 e. The zero-order chi connectivity index (χ0) is 25.8. The Balaban J connectivity index is 1.68. The Morgan fingerprint density at radius 1 is 1.37 bits per heavy atom. The fourth-order valence-electron chi connectivity index (χ4n) is 5.19. The first kappa shape index (κ1) is 25.2. The fourth-order valence-corrected chi connectivity index (χ4v) is 8.20. The highest BCUT2D eigenvalue weighted by atomic mass is 32.2. The van der Waals surface area contributed by atoms with Gasteiger partial charge in [0.1, 0.15) is 40.1 Å². The highest BCUT2D eigenvalue weighted by Gasteiger charge is 2.61. The van der Waals surface area contributed by atoms with Crippen molar-refractivity contribution in [2.75, 3.05) is 6.67 Å². The molecule has 1 fully saturated rings. The minimum absolute atomic E-state index is 0.0629. The number of hydrogen-bond acceptors (Lipinski definition) is 6.